The molecular weight excluding hydrogens is 202 g/mol. The van der Waals surface area contributed by atoms with E-state index in [0.717, 1.165) is 13.0 Å². The van der Waals surface area contributed by atoms with E-state index in [1.165, 1.54) is 11.1 Å². The summed E-state index contributed by atoms with van der Waals surface area (Å²) in [6.07, 6.45) is 3.05. The smallest absolute Gasteiger partial charge is 0.306 e. The fourth-order valence-corrected chi connectivity index (χ4v) is 1.40. The molecule has 0 aliphatic carbocycles. The van der Waals surface area contributed by atoms with E-state index in [1.807, 2.05) is 34.0 Å². The Morgan fingerprint density at radius 1 is 1.38 bits per heavy atom. The lowest BCUT2D eigenvalue weighted by molar-refractivity contribution is -0.143. The third kappa shape index (κ3) is 6.40. The predicted molar refractivity (Wildman–Crippen MR) is 67.3 cm³/mol. The van der Waals surface area contributed by atoms with E-state index >= 15 is 0 Å². The average Bonchev–Trinajstić information content (AvgIpc) is 2.22. The number of hydrogen-bond acceptors (Lipinski definition) is 3. The number of esters is 1. The average molecular weight is 225 g/mol. The van der Waals surface area contributed by atoms with E-state index in [4.69, 9.17) is 4.74 Å². The van der Waals surface area contributed by atoms with Crippen molar-refractivity contribution in [3.05, 3.63) is 23.8 Å². The second-order valence-corrected chi connectivity index (χ2v) is 4.05. The molecule has 0 unspecified atom stereocenters. The molecule has 0 radical (unpaired) electrons. The summed E-state index contributed by atoms with van der Waals surface area (Å²) in [6, 6.07) is 0. The molecule has 3 heteroatoms. The molecule has 0 saturated carbocycles. The number of ether oxygens (including phenoxy) is 1. The van der Waals surface area contributed by atoms with Crippen LogP contribution in [0.5, 0.6) is 0 Å². The Kier molecular flexibility index (Phi) is 7.56. The van der Waals surface area contributed by atoms with Crippen molar-refractivity contribution in [2.75, 3.05) is 27.2 Å². The number of carbonyl (C=O) groups excluding carboxylic acids is 1. The quantitative estimate of drug-likeness (QED) is 0.492. The molecular formula is C13H23NO2. The Morgan fingerprint density at radius 3 is 2.44 bits per heavy atom. The van der Waals surface area contributed by atoms with Gasteiger partial charge in [0.25, 0.3) is 0 Å². The van der Waals surface area contributed by atoms with Gasteiger partial charge in [-0.25, -0.2) is 0 Å². The van der Waals surface area contributed by atoms with Crippen LogP contribution in [0.3, 0.4) is 0 Å². The van der Waals surface area contributed by atoms with Crippen LogP contribution >= 0.6 is 0 Å². The maximum atomic E-state index is 11.2. The van der Waals surface area contributed by atoms with Crippen LogP contribution in [0, 0.1) is 0 Å². The van der Waals surface area contributed by atoms with Crippen LogP contribution in [0.4, 0.5) is 0 Å². The minimum atomic E-state index is -0.130. The normalized spacial score (nSPS) is 12.3. The molecule has 0 amide bonds. The van der Waals surface area contributed by atoms with Gasteiger partial charge in [0.2, 0.25) is 0 Å². The van der Waals surface area contributed by atoms with E-state index in [-0.39, 0.29) is 5.97 Å². The lowest BCUT2D eigenvalue weighted by atomic mass is 10.0. The van der Waals surface area contributed by atoms with Crippen LogP contribution < -0.4 is 0 Å². The lowest BCUT2D eigenvalue weighted by Crippen LogP contribution is -2.15. The van der Waals surface area contributed by atoms with Gasteiger partial charge in [-0.2, -0.15) is 0 Å². The topological polar surface area (TPSA) is 29.5 Å². The summed E-state index contributed by atoms with van der Waals surface area (Å²) < 4.78 is 4.89. The lowest BCUT2D eigenvalue weighted by Gasteiger charge is -2.13. The molecule has 0 N–H and O–H groups in total. The first-order valence-corrected chi connectivity index (χ1v) is 5.62. The molecule has 0 heterocycles. The van der Waals surface area contributed by atoms with Gasteiger partial charge in [0.15, 0.2) is 0 Å². The number of likely N-dealkylation sites (N-methyl/N-ethyl adjacent to an activating group) is 1. The Balaban J connectivity index is 4.27. The summed E-state index contributed by atoms with van der Waals surface area (Å²) in [5, 5.41) is 0. The summed E-state index contributed by atoms with van der Waals surface area (Å²) in [4.78, 5) is 13.3. The van der Waals surface area contributed by atoms with Crippen LogP contribution in [-0.2, 0) is 9.53 Å². The SMILES string of the molecule is C=CC(CN(C)C)=C(C)CCC(=O)OCC. The molecule has 0 aromatic carbocycles. The number of allylic oxidation sites excluding steroid dienone is 1. The van der Waals surface area contributed by atoms with Crippen molar-refractivity contribution in [1.29, 1.82) is 0 Å². The van der Waals surface area contributed by atoms with Crippen LogP contribution in [0.1, 0.15) is 26.7 Å². The van der Waals surface area contributed by atoms with Crippen LogP contribution in [0.2, 0.25) is 0 Å². The summed E-state index contributed by atoms with van der Waals surface area (Å²) in [7, 11) is 4.03. The molecule has 0 atom stereocenters. The van der Waals surface area contributed by atoms with Crippen LogP contribution in [-0.4, -0.2) is 38.1 Å². The maximum absolute atomic E-state index is 11.2. The first kappa shape index (κ1) is 14.9. The molecule has 0 aliphatic heterocycles. The van der Waals surface area contributed by atoms with Crippen molar-refractivity contribution in [2.24, 2.45) is 0 Å². The summed E-state index contributed by atoms with van der Waals surface area (Å²) in [6.45, 7) is 8.97. The van der Waals surface area contributed by atoms with Gasteiger partial charge in [-0.3, -0.25) is 4.79 Å². The highest BCUT2D eigenvalue weighted by atomic mass is 16.5. The molecule has 0 aliphatic rings. The third-order valence-electron chi connectivity index (χ3n) is 2.29. The first-order chi connectivity index (χ1) is 7.51. The van der Waals surface area contributed by atoms with Crippen molar-refractivity contribution < 1.29 is 9.53 Å². The Hall–Kier alpha value is -1.09. The highest BCUT2D eigenvalue weighted by Crippen LogP contribution is 2.13. The van der Waals surface area contributed by atoms with E-state index < -0.39 is 0 Å². The maximum Gasteiger partial charge on any atom is 0.306 e. The Morgan fingerprint density at radius 2 is 2.00 bits per heavy atom. The fourth-order valence-electron chi connectivity index (χ4n) is 1.40. The standard InChI is InChI=1S/C13H23NO2/c1-6-12(10-14(4)5)11(3)8-9-13(15)16-7-2/h6H,1,7-10H2,2-5H3. The molecule has 0 saturated heterocycles. The van der Waals surface area contributed by atoms with Crippen molar-refractivity contribution >= 4 is 5.97 Å². The largest absolute Gasteiger partial charge is 0.466 e. The van der Waals surface area contributed by atoms with Crippen molar-refractivity contribution in [3.8, 4) is 0 Å². The van der Waals surface area contributed by atoms with Crippen molar-refractivity contribution in [3.63, 3.8) is 0 Å². The molecule has 0 bridgehead atoms. The van der Waals surface area contributed by atoms with E-state index in [1.54, 1.807) is 0 Å². The zero-order chi connectivity index (χ0) is 12.6. The van der Waals surface area contributed by atoms with Crippen molar-refractivity contribution in [2.45, 2.75) is 26.7 Å². The highest BCUT2D eigenvalue weighted by Gasteiger charge is 2.05. The molecule has 0 spiro atoms. The van der Waals surface area contributed by atoms with Gasteiger partial charge >= 0.3 is 5.97 Å². The Labute approximate surface area is 98.8 Å². The van der Waals surface area contributed by atoms with Crippen LogP contribution in [0.25, 0.3) is 0 Å². The zero-order valence-electron chi connectivity index (χ0n) is 10.9. The number of nitrogens with zero attached hydrogens (tertiary/aromatic N) is 1. The molecule has 92 valence electrons. The minimum absolute atomic E-state index is 0.130. The van der Waals surface area contributed by atoms with Crippen LogP contribution in [0.15, 0.2) is 23.8 Å². The number of hydrogen-bond donors (Lipinski definition) is 0. The van der Waals surface area contributed by atoms with Gasteiger partial charge in [0.05, 0.1) is 6.61 Å². The molecule has 0 rings (SSSR count). The van der Waals surface area contributed by atoms with E-state index in [2.05, 4.69) is 11.5 Å². The monoisotopic (exact) mass is 225 g/mol. The summed E-state index contributed by atoms with van der Waals surface area (Å²) in [5.41, 5.74) is 2.39. The second kappa shape index (κ2) is 8.11. The van der Waals surface area contributed by atoms with Crippen molar-refractivity contribution in [1.82, 2.24) is 4.90 Å². The molecule has 0 fully saturated rings. The first-order valence-electron chi connectivity index (χ1n) is 5.62. The number of carbonyl (C=O) groups is 1. The van der Waals surface area contributed by atoms with Gasteiger partial charge in [-0.15, -0.1) is 0 Å². The minimum Gasteiger partial charge on any atom is -0.466 e. The molecule has 0 aromatic heterocycles. The summed E-state index contributed by atoms with van der Waals surface area (Å²) in [5.74, 6) is -0.130. The van der Waals surface area contributed by atoms with Gasteiger partial charge < -0.3 is 9.64 Å². The van der Waals surface area contributed by atoms with Gasteiger partial charge in [0, 0.05) is 13.0 Å². The Bertz CT molecular complexity index is 267. The fraction of sp³-hybridized carbons (Fsp3) is 0.615. The molecule has 16 heavy (non-hydrogen) atoms. The zero-order valence-corrected chi connectivity index (χ0v) is 10.9. The van der Waals surface area contributed by atoms with E-state index in [0.29, 0.717) is 13.0 Å². The second-order valence-electron chi connectivity index (χ2n) is 4.05. The van der Waals surface area contributed by atoms with Gasteiger partial charge in [-0.05, 0) is 39.9 Å². The molecule has 3 nitrogen and oxygen atoms in total. The number of rotatable bonds is 7. The van der Waals surface area contributed by atoms with Gasteiger partial charge in [-0.1, -0.05) is 18.2 Å². The van der Waals surface area contributed by atoms with E-state index in [9.17, 15) is 4.79 Å². The highest BCUT2D eigenvalue weighted by molar-refractivity contribution is 5.69. The third-order valence-corrected chi connectivity index (χ3v) is 2.29. The molecule has 0 aromatic rings. The predicted octanol–water partition coefficient (Wildman–Crippen LogP) is 2.39. The van der Waals surface area contributed by atoms with Gasteiger partial charge in [0.1, 0.15) is 0 Å². The summed E-state index contributed by atoms with van der Waals surface area (Å²) >= 11 is 0.